The summed E-state index contributed by atoms with van der Waals surface area (Å²) in [5.74, 6) is 0. The van der Waals surface area contributed by atoms with Gasteiger partial charge < -0.3 is 10.6 Å². The Bertz CT molecular complexity index is 593. The Kier molecular flexibility index (Phi) is 2.39. The second-order valence-electron chi connectivity index (χ2n) is 5.60. The van der Waals surface area contributed by atoms with Crippen LogP contribution in [0.3, 0.4) is 0 Å². The van der Waals surface area contributed by atoms with E-state index in [9.17, 15) is 0 Å². The highest BCUT2D eigenvalue weighted by molar-refractivity contribution is 5.62. The summed E-state index contributed by atoms with van der Waals surface area (Å²) >= 11 is 0. The maximum atomic E-state index is 3.71. The molecule has 1 saturated heterocycles. The van der Waals surface area contributed by atoms with Gasteiger partial charge in [-0.3, -0.25) is 0 Å². The van der Waals surface area contributed by atoms with E-state index in [-0.39, 0.29) is 5.41 Å². The predicted octanol–water partition coefficient (Wildman–Crippen LogP) is 3.08. The van der Waals surface area contributed by atoms with Crippen LogP contribution in [0.15, 0.2) is 54.6 Å². The highest BCUT2D eigenvalue weighted by Gasteiger charge is 2.48. The summed E-state index contributed by atoms with van der Waals surface area (Å²) in [5.41, 5.74) is 4.41. The zero-order valence-corrected chi connectivity index (χ0v) is 10.9. The lowest BCUT2D eigenvalue weighted by atomic mass is 9.73. The van der Waals surface area contributed by atoms with E-state index in [1.165, 1.54) is 23.2 Å². The van der Waals surface area contributed by atoms with Crippen molar-refractivity contribution in [3.63, 3.8) is 0 Å². The molecule has 0 radical (unpaired) electrons. The fraction of sp³-hybridized carbons (Fsp3) is 0.294. The first-order valence-electron chi connectivity index (χ1n) is 7.02. The van der Waals surface area contributed by atoms with Crippen molar-refractivity contribution in [2.45, 2.75) is 17.9 Å². The Morgan fingerprint density at radius 2 is 1.74 bits per heavy atom. The van der Waals surface area contributed by atoms with Crippen LogP contribution < -0.4 is 10.6 Å². The van der Waals surface area contributed by atoms with Gasteiger partial charge in [0.25, 0.3) is 0 Å². The molecule has 0 aliphatic carbocycles. The minimum Gasteiger partial charge on any atom is -0.384 e. The molecule has 2 aliphatic heterocycles. The summed E-state index contributed by atoms with van der Waals surface area (Å²) < 4.78 is 0. The van der Waals surface area contributed by atoms with Gasteiger partial charge in [-0.2, -0.15) is 0 Å². The molecule has 2 aliphatic rings. The van der Waals surface area contributed by atoms with Gasteiger partial charge in [-0.1, -0.05) is 48.5 Å². The normalized spacial score (nSPS) is 28.3. The molecule has 2 heteroatoms. The average molecular weight is 250 g/mol. The van der Waals surface area contributed by atoms with Gasteiger partial charge in [0.2, 0.25) is 0 Å². The third-order valence-electron chi connectivity index (χ3n) is 4.66. The summed E-state index contributed by atoms with van der Waals surface area (Å²) in [5, 5.41) is 7.30. The third kappa shape index (κ3) is 1.53. The quantitative estimate of drug-likeness (QED) is 0.812. The van der Waals surface area contributed by atoms with E-state index in [0.29, 0.717) is 6.04 Å². The van der Waals surface area contributed by atoms with Gasteiger partial charge in [-0.25, -0.2) is 0 Å². The minimum absolute atomic E-state index is 0.220. The monoisotopic (exact) mass is 250 g/mol. The standard InChI is InChI=1S/C17H18N2/c1-2-6-13(7-3-1)16-17(10-11-18-16)12-19-15-9-5-4-8-14(15)17/h1-9,16,18-19H,10-12H2/t16?,17-/m1/s1. The second-order valence-corrected chi connectivity index (χ2v) is 5.60. The molecule has 96 valence electrons. The van der Waals surface area contributed by atoms with Crippen molar-refractivity contribution in [3.8, 4) is 0 Å². The molecule has 2 heterocycles. The molecule has 1 fully saturated rings. The molecule has 1 unspecified atom stereocenters. The van der Waals surface area contributed by atoms with Crippen LogP contribution in [-0.2, 0) is 5.41 Å². The Labute approximate surface area is 113 Å². The molecule has 2 atom stereocenters. The molecule has 0 saturated carbocycles. The van der Waals surface area contributed by atoms with E-state index in [2.05, 4.69) is 65.2 Å². The lowest BCUT2D eigenvalue weighted by Crippen LogP contribution is -2.35. The Morgan fingerprint density at radius 3 is 2.63 bits per heavy atom. The number of rotatable bonds is 1. The van der Waals surface area contributed by atoms with E-state index in [4.69, 9.17) is 0 Å². The molecule has 19 heavy (non-hydrogen) atoms. The van der Waals surface area contributed by atoms with Gasteiger partial charge in [0.1, 0.15) is 0 Å². The molecule has 1 spiro atoms. The van der Waals surface area contributed by atoms with Crippen LogP contribution in [0.2, 0.25) is 0 Å². The lowest BCUT2D eigenvalue weighted by Gasteiger charge is -2.31. The summed E-state index contributed by atoms with van der Waals surface area (Å²) in [6.07, 6.45) is 1.20. The first kappa shape index (κ1) is 11.1. The number of benzene rings is 2. The summed E-state index contributed by atoms with van der Waals surface area (Å²) in [6, 6.07) is 20.0. The van der Waals surface area contributed by atoms with Crippen LogP contribution >= 0.6 is 0 Å². The summed E-state index contributed by atoms with van der Waals surface area (Å²) in [7, 11) is 0. The maximum Gasteiger partial charge on any atom is 0.0436 e. The van der Waals surface area contributed by atoms with Crippen LogP contribution in [0.25, 0.3) is 0 Å². The number of fused-ring (bicyclic) bond motifs is 2. The summed E-state index contributed by atoms with van der Waals surface area (Å²) in [6.45, 7) is 2.13. The third-order valence-corrected chi connectivity index (χ3v) is 4.66. The topological polar surface area (TPSA) is 24.1 Å². The number of anilines is 1. The van der Waals surface area contributed by atoms with Crippen molar-refractivity contribution >= 4 is 5.69 Å². The van der Waals surface area contributed by atoms with E-state index < -0.39 is 0 Å². The average Bonchev–Trinajstić information content (AvgIpc) is 3.07. The van der Waals surface area contributed by atoms with Gasteiger partial charge in [0.05, 0.1) is 0 Å². The SMILES string of the molecule is c1ccc(C2NCC[C@]23CNc2ccccc23)cc1. The fourth-order valence-electron chi connectivity index (χ4n) is 3.76. The van der Waals surface area contributed by atoms with Crippen molar-refractivity contribution in [2.75, 3.05) is 18.4 Å². The Hall–Kier alpha value is -1.80. The smallest absolute Gasteiger partial charge is 0.0436 e. The fourth-order valence-corrected chi connectivity index (χ4v) is 3.76. The van der Waals surface area contributed by atoms with Crippen LogP contribution in [0.5, 0.6) is 0 Å². The van der Waals surface area contributed by atoms with Gasteiger partial charge in [0.15, 0.2) is 0 Å². The molecule has 2 N–H and O–H groups in total. The van der Waals surface area contributed by atoms with Crippen molar-refractivity contribution < 1.29 is 0 Å². The summed E-state index contributed by atoms with van der Waals surface area (Å²) in [4.78, 5) is 0. The highest BCUT2D eigenvalue weighted by atomic mass is 15.0. The number of hydrogen-bond donors (Lipinski definition) is 2. The van der Waals surface area contributed by atoms with E-state index >= 15 is 0 Å². The zero-order valence-electron chi connectivity index (χ0n) is 10.9. The van der Waals surface area contributed by atoms with E-state index in [0.717, 1.165) is 13.1 Å². The Balaban J connectivity index is 1.83. The molecule has 2 aromatic rings. The van der Waals surface area contributed by atoms with Crippen LogP contribution in [-0.4, -0.2) is 13.1 Å². The van der Waals surface area contributed by atoms with Crippen LogP contribution in [0, 0.1) is 0 Å². The molecule has 4 rings (SSSR count). The van der Waals surface area contributed by atoms with Crippen molar-refractivity contribution in [3.05, 3.63) is 65.7 Å². The lowest BCUT2D eigenvalue weighted by molar-refractivity contribution is 0.413. The first-order valence-corrected chi connectivity index (χ1v) is 7.02. The van der Waals surface area contributed by atoms with Crippen LogP contribution in [0.4, 0.5) is 5.69 Å². The molecular weight excluding hydrogens is 232 g/mol. The van der Waals surface area contributed by atoms with Gasteiger partial charge in [-0.05, 0) is 30.2 Å². The molecule has 2 nitrogen and oxygen atoms in total. The molecule has 0 aromatic heterocycles. The van der Waals surface area contributed by atoms with Gasteiger partial charge in [0, 0.05) is 23.7 Å². The van der Waals surface area contributed by atoms with Crippen molar-refractivity contribution in [2.24, 2.45) is 0 Å². The molecular formula is C17H18N2. The van der Waals surface area contributed by atoms with Crippen molar-refractivity contribution in [1.29, 1.82) is 0 Å². The maximum absolute atomic E-state index is 3.71. The molecule has 2 aromatic carbocycles. The number of hydrogen-bond acceptors (Lipinski definition) is 2. The van der Waals surface area contributed by atoms with E-state index in [1.54, 1.807) is 0 Å². The second kappa shape index (κ2) is 4.10. The van der Waals surface area contributed by atoms with Crippen molar-refractivity contribution in [1.82, 2.24) is 5.32 Å². The minimum atomic E-state index is 0.220. The highest BCUT2D eigenvalue weighted by Crippen LogP contribution is 2.49. The number of nitrogens with one attached hydrogen (secondary N) is 2. The zero-order chi connectivity index (χ0) is 12.7. The number of para-hydroxylation sites is 1. The first-order chi connectivity index (χ1) is 9.40. The van der Waals surface area contributed by atoms with E-state index in [1.807, 2.05) is 0 Å². The largest absolute Gasteiger partial charge is 0.384 e. The van der Waals surface area contributed by atoms with Gasteiger partial charge in [-0.15, -0.1) is 0 Å². The van der Waals surface area contributed by atoms with Crippen LogP contribution in [0.1, 0.15) is 23.6 Å². The molecule has 0 bridgehead atoms. The Morgan fingerprint density at radius 1 is 0.947 bits per heavy atom. The van der Waals surface area contributed by atoms with Gasteiger partial charge >= 0.3 is 0 Å². The predicted molar refractivity (Wildman–Crippen MR) is 78.4 cm³/mol. The molecule has 0 amide bonds.